The molecule has 0 unspecified atom stereocenters. The summed E-state index contributed by atoms with van der Waals surface area (Å²) in [6, 6.07) is 18.6. The van der Waals surface area contributed by atoms with E-state index in [-0.39, 0.29) is 60.9 Å². The molecule has 1 aliphatic rings. The van der Waals surface area contributed by atoms with Gasteiger partial charge in [0.1, 0.15) is 18.5 Å². The molecule has 12 nitrogen and oxygen atoms in total. The van der Waals surface area contributed by atoms with Crippen LogP contribution in [0.25, 0.3) is 27.8 Å². The lowest BCUT2D eigenvalue weighted by molar-refractivity contribution is -0.146. The van der Waals surface area contributed by atoms with Gasteiger partial charge in [-0.25, -0.2) is 4.39 Å². The van der Waals surface area contributed by atoms with Crippen molar-refractivity contribution in [2.45, 2.75) is 37.8 Å². The van der Waals surface area contributed by atoms with E-state index >= 15 is 4.39 Å². The van der Waals surface area contributed by atoms with Gasteiger partial charge in [0.15, 0.2) is 5.82 Å². The number of halogens is 3. The first-order valence-electron chi connectivity index (χ1n) is 15.4. The number of carbonyl (C=O) groups is 1. The van der Waals surface area contributed by atoms with Gasteiger partial charge < -0.3 is 21.5 Å². The highest BCUT2D eigenvalue weighted by atomic mass is 35.5. The van der Waals surface area contributed by atoms with Crippen molar-refractivity contribution in [3.63, 3.8) is 0 Å². The number of hydrogen-bond donors (Lipinski definition) is 3. The van der Waals surface area contributed by atoms with Crippen LogP contribution < -0.4 is 22.3 Å². The van der Waals surface area contributed by atoms with Crippen molar-refractivity contribution < 1.29 is 13.9 Å². The molecule has 258 valence electrons. The van der Waals surface area contributed by atoms with E-state index in [2.05, 4.69) is 25.4 Å². The topological polar surface area (TPSA) is 169 Å². The Hall–Kier alpha value is -5.37. The van der Waals surface area contributed by atoms with Crippen LogP contribution in [0, 0.1) is 5.82 Å². The van der Waals surface area contributed by atoms with Gasteiger partial charge in [0, 0.05) is 30.6 Å². The second-order valence-corrected chi connectivity index (χ2v) is 11.8. The van der Waals surface area contributed by atoms with Crippen LogP contribution in [0.15, 0.2) is 90.1 Å². The minimum absolute atomic E-state index is 0. The Balaban J connectivity index is 0.00000243. The number of nitrogen functional groups attached to an aromatic ring is 1. The van der Waals surface area contributed by atoms with Crippen molar-refractivity contribution in [2.24, 2.45) is 12.8 Å². The molecule has 1 saturated carbocycles. The molecule has 1 fully saturated rings. The molecule has 3 heterocycles. The average Bonchev–Trinajstić information content (AvgIpc) is 3.85. The van der Waals surface area contributed by atoms with Crippen LogP contribution >= 0.6 is 24.8 Å². The molecular formula is C35H34Cl2FN9O3. The number of benzene rings is 3. The Labute approximate surface area is 298 Å². The molecule has 7 rings (SSSR count). The summed E-state index contributed by atoms with van der Waals surface area (Å²) in [6.07, 6.45) is 7.21. The minimum Gasteiger partial charge on any atom is -0.460 e. The molecule has 0 radical (unpaired) electrons. The predicted octanol–water partition coefficient (Wildman–Crippen LogP) is 5.38. The van der Waals surface area contributed by atoms with Gasteiger partial charge in [-0.1, -0.05) is 48.5 Å². The quantitative estimate of drug-likeness (QED) is 0.157. The van der Waals surface area contributed by atoms with Crippen LogP contribution in [0.4, 0.5) is 22.0 Å². The highest BCUT2D eigenvalue weighted by molar-refractivity contribution is 5.86. The number of ether oxygens (including phenoxy) is 1. The fourth-order valence-electron chi connectivity index (χ4n) is 5.74. The Morgan fingerprint density at radius 3 is 2.56 bits per heavy atom. The van der Waals surface area contributed by atoms with Crippen LogP contribution in [0.2, 0.25) is 0 Å². The third-order valence-electron chi connectivity index (χ3n) is 8.25. The highest BCUT2D eigenvalue weighted by Crippen LogP contribution is 2.41. The maximum absolute atomic E-state index is 15.5. The van der Waals surface area contributed by atoms with E-state index in [1.807, 2.05) is 36.4 Å². The number of pyridine rings is 1. The van der Waals surface area contributed by atoms with Crippen LogP contribution in [-0.4, -0.2) is 41.3 Å². The number of nitrogens with zero attached hydrogens (tertiary/aromatic N) is 6. The van der Waals surface area contributed by atoms with Gasteiger partial charge >= 0.3 is 5.97 Å². The first-order valence-corrected chi connectivity index (χ1v) is 15.4. The van der Waals surface area contributed by atoms with Crippen molar-refractivity contribution >= 4 is 59.1 Å². The van der Waals surface area contributed by atoms with Gasteiger partial charge in [0.2, 0.25) is 11.9 Å². The number of nitrogens with two attached hydrogens (primary N) is 2. The van der Waals surface area contributed by atoms with Crippen molar-refractivity contribution in [1.29, 1.82) is 0 Å². The monoisotopic (exact) mass is 717 g/mol. The second kappa shape index (κ2) is 15.0. The van der Waals surface area contributed by atoms with E-state index in [1.54, 1.807) is 54.6 Å². The summed E-state index contributed by atoms with van der Waals surface area (Å²) in [5.74, 6) is -0.659. The number of aryl methyl sites for hydroxylation is 1. The number of aromatic nitrogens is 6. The summed E-state index contributed by atoms with van der Waals surface area (Å²) >= 11 is 0. The number of fused-ring (bicyclic) bond motifs is 1. The molecule has 0 bridgehead atoms. The Kier molecular flexibility index (Phi) is 10.8. The van der Waals surface area contributed by atoms with Gasteiger partial charge in [-0.05, 0) is 59.9 Å². The number of rotatable bonds is 10. The van der Waals surface area contributed by atoms with Crippen molar-refractivity contribution in [1.82, 2.24) is 29.3 Å². The first kappa shape index (κ1) is 35.9. The summed E-state index contributed by atoms with van der Waals surface area (Å²) in [4.78, 5) is 40.2. The summed E-state index contributed by atoms with van der Waals surface area (Å²) in [6.45, 7) is -0.294. The fraction of sp³-hybridized carbons (Fsp3) is 0.200. The molecule has 0 saturated heterocycles. The van der Waals surface area contributed by atoms with E-state index in [9.17, 15) is 9.59 Å². The summed E-state index contributed by atoms with van der Waals surface area (Å²) < 4.78 is 24.2. The Bertz CT molecular complexity index is 2230. The molecule has 1 aliphatic carbocycles. The smallest absolute Gasteiger partial charge is 0.323 e. The second-order valence-electron chi connectivity index (χ2n) is 11.8. The number of nitrogens with one attached hydrogen (secondary N) is 1. The Morgan fingerprint density at radius 2 is 1.84 bits per heavy atom. The van der Waals surface area contributed by atoms with E-state index in [0.717, 1.165) is 24.0 Å². The Morgan fingerprint density at radius 1 is 1.06 bits per heavy atom. The summed E-state index contributed by atoms with van der Waals surface area (Å²) in [5.41, 5.74) is 15.3. The first-order chi connectivity index (χ1) is 23.2. The van der Waals surface area contributed by atoms with Crippen molar-refractivity contribution in [3.8, 4) is 17.1 Å². The largest absolute Gasteiger partial charge is 0.460 e. The standard InChI is InChI=1S/C35H32FN9O3.2ClH/c1-44-18-24(17-39-44)40-35-42-31(41-34(38)43-35)25-8-5-9-29(26(25)19-48-33(47)28(37)14-20-6-3-2-4-7-20)45-13-12-22-15-23(21-10-11-21)16-27(36)30(22)32(45)46;;/h2-9,12-13,15-18,21,28H,10-11,14,19,37H2,1H3,(H3,38,40,41,42,43);2*1H/t28-;;/m0../s1. The number of carbonyl (C=O) groups excluding carboxylic acids is 1. The number of hydrogen-bond acceptors (Lipinski definition) is 10. The van der Waals surface area contributed by atoms with Crippen LogP contribution in [0.3, 0.4) is 0 Å². The highest BCUT2D eigenvalue weighted by Gasteiger charge is 2.26. The van der Waals surface area contributed by atoms with E-state index in [4.69, 9.17) is 16.2 Å². The van der Waals surface area contributed by atoms with E-state index in [1.165, 1.54) is 10.6 Å². The molecule has 0 amide bonds. The van der Waals surface area contributed by atoms with E-state index in [0.29, 0.717) is 33.8 Å². The molecular weight excluding hydrogens is 684 g/mol. The summed E-state index contributed by atoms with van der Waals surface area (Å²) in [5, 5.41) is 7.68. The molecule has 50 heavy (non-hydrogen) atoms. The van der Waals surface area contributed by atoms with Gasteiger partial charge in [0.25, 0.3) is 5.56 Å². The normalized spacial score (nSPS) is 12.9. The van der Waals surface area contributed by atoms with Crippen molar-refractivity contribution in [3.05, 3.63) is 118 Å². The van der Waals surface area contributed by atoms with Crippen LogP contribution in [0.5, 0.6) is 0 Å². The third kappa shape index (κ3) is 7.59. The lowest BCUT2D eigenvalue weighted by atomic mass is 10.0. The molecule has 0 spiro atoms. The molecule has 15 heteroatoms. The molecule has 5 N–H and O–H groups in total. The van der Waals surface area contributed by atoms with Crippen LogP contribution in [-0.2, 0) is 29.6 Å². The average molecular weight is 719 g/mol. The zero-order valence-electron chi connectivity index (χ0n) is 26.8. The molecule has 1 atom stereocenters. The zero-order valence-corrected chi connectivity index (χ0v) is 28.5. The van der Waals surface area contributed by atoms with Gasteiger partial charge in [-0.3, -0.25) is 18.8 Å². The molecule has 3 aromatic carbocycles. The van der Waals surface area contributed by atoms with Crippen LogP contribution in [0.1, 0.15) is 35.4 Å². The SMILES string of the molecule is Cl.Cl.Cn1cc(Nc2nc(N)nc(-c3cccc(-n4ccc5cc(C6CC6)cc(F)c5c4=O)c3COC(=O)[C@@H](N)Cc3ccccc3)n2)cn1. The molecule has 3 aromatic heterocycles. The zero-order chi connectivity index (χ0) is 33.4. The lowest BCUT2D eigenvalue weighted by Gasteiger charge is -2.18. The summed E-state index contributed by atoms with van der Waals surface area (Å²) in [7, 11) is 1.77. The predicted molar refractivity (Wildman–Crippen MR) is 194 cm³/mol. The fourth-order valence-corrected chi connectivity index (χ4v) is 5.74. The van der Waals surface area contributed by atoms with Gasteiger partial charge in [0.05, 0.1) is 23.0 Å². The lowest BCUT2D eigenvalue weighted by Crippen LogP contribution is -2.34. The maximum atomic E-state index is 15.5. The maximum Gasteiger partial charge on any atom is 0.323 e. The minimum atomic E-state index is -0.940. The number of anilines is 3. The molecule has 0 aliphatic heterocycles. The third-order valence-corrected chi connectivity index (χ3v) is 8.25. The van der Waals surface area contributed by atoms with Gasteiger partial charge in [-0.15, -0.1) is 24.8 Å². The number of esters is 1. The van der Waals surface area contributed by atoms with Gasteiger partial charge in [-0.2, -0.15) is 20.1 Å². The van der Waals surface area contributed by atoms with E-state index < -0.39 is 23.4 Å². The molecule has 6 aromatic rings. The van der Waals surface area contributed by atoms with Crippen molar-refractivity contribution in [2.75, 3.05) is 11.1 Å².